The average molecular weight is 278 g/mol. The summed E-state index contributed by atoms with van der Waals surface area (Å²) < 4.78 is 31.9. The van der Waals surface area contributed by atoms with Crippen LogP contribution in [0.3, 0.4) is 0 Å². The lowest BCUT2D eigenvalue weighted by Gasteiger charge is -2.12. The topological polar surface area (TPSA) is 78.3 Å². The summed E-state index contributed by atoms with van der Waals surface area (Å²) in [4.78, 5) is 11.3. The molecule has 0 unspecified atom stereocenters. The van der Waals surface area contributed by atoms with Crippen molar-refractivity contribution in [2.75, 3.05) is 5.73 Å². The summed E-state index contributed by atoms with van der Waals surface area (Å²) in [5.41, 5.74) is 11.2. The molecule has 0 spiro atoms. The van der Waals surface area contributed by atoms with Crippen LogP contribution in [0.5, 0.6) is 5.75 Å². The zero-order chi connectivity index (χ0) is 14.7. The molecule has 0 radical (unpaired) electrons. The van der Waals surface area contributed by atoms with Gasteiger partial charge in [-0.25, -0.2) is 8.78 Å². The third kappa shape index (κ3) is 2.69. The molecule has 20 heavy (non-hydrogen) atoms. The van der Waals surface area contributed by atoms with Crippen LogP contribution in [0.2, 0.25) is 0 Å². The molecule has 104 valence electrons. The quantitative estimate of drug-likeness (QED) is 0.842. The van der Waals surface area contributed by atoms with Crippen LogP contribution < -0.4 is 16.2 Å². The van der Waals surface area contributed by atoms with Gasteiger partial charge in [-0.15, -0.1) is 0 Å². The van der Waals surface area contributed by atoms with Gasteiger partial charge in [0.05, 0.1) is 11.3 Å². The van der Waals surface area contributed by atoms with Crippen LogP contribution in [0.25, 0.3) is 0 Å². The predicted octanol–water partition coefficient (Wildman–Crippen LogP) is 2.22. The Morgan fingerprint density at radius 3 is 2.55 bits per heavy atom. The molecule has 1 amide bonds. The van der Waals surface area contributed by atoms with Crippen molar-refractivity contribution < 1.29 is 18.3 Å². The van der Waals surface area contributed by atoms with Crippen LogP contribution in [-0.4, -0.2) is 5.91 Å². The van der Waals surface area contributed by atoms with Gasteiger partial charge in [-0.05, 0) is 18.2 Å². The lowest BCUT2D eigenvalue weighted by Crippen LogP contribution is -2.14. The second kappa shape index (κ2) is 5.56. The maximum absolute atomic E-state index is 13.5. The highest BCUT2D eigenvalue weighted by atomic mass is 19.2. The zero-order valence-corrected chi connectivity index (χ0v) is 10.4. The smallest absolute Gasteiger partial charge is 0.252 e. The molecule has 0 fully saturated rings. The van der Waals surface area contributed by atoms with E-state index in [-0.39, 0.29) is 29.2 Å². The molecule has 4 nitrogen and oxygen atoms in total. The standard InChI is InChI=1S/C14H12F2N2O2/c15-10-5-1-3-8(12(10)16)7-20-13-9(14(18)19)4-2-6-11(13)17/h1-6H,7,17H2,(H2,18,19). The van der Waals surface area contributed by atoms with Crippen molar-refractivity contribution in [2.24, 2.45) is 5.73 Å². The summed E-state index contributed by atoms with van der Waals surface area (Å²) >= 11 is 0. The maximum Gasteiger partial charge on any atom is 0.252 e. The molecule has 0 saturated heterocycles. The first-order chi connectivity index (χ1) is 9.50. The summed E-state index contributed by atoms with van der Waals surface area (Å²) in [6.45, 7) is -0.266. The largest absolute Gasteiger partial charge is 0.486 e. The fourth-order valence-electron chi connectivity index (χ4n) is 1.72. The van der Waals surface area contributed by atoms with Gasteiger partial charge in [0.1, 0.15) is 6.61 Å². The van der Waals surface area contributed by atoms with Gasteiger partial charge >= 0.3 is 0 Å². The molecular weight excluding hydrogens is 266 g/mol. The second-order valence-corrected chi connectivity index (χ2v) is 4.09. The minimum atomic E-state index is -0.998. The van der Waals surface area contributed by atoms with Crippen LogP contribution in [0.1, 0.15) is 15.9 Å². The SMILES string of the molecule is NC(=O)c1cccc(N)c1OCc1cccc(F)c1F. The van der Waals surface area contributed by atoms with Crippen LogP contribution in [0.15, 0.2) is 36.4 Å². The fraction of sp³-hybridized carbons (Fsp3) is 0.0714. The van der Waals surface area contributed by atoms with E-state index < -0.39 is 17.5 Å². The Kier molecular flexibility index (Phi) is 3.84. The molecular formula is C14H12F2N2O2. The number of ether oxygens (including phenoxy) is 1. The summed E-state index contributed by atoms with van der Waals surface area (Å²) in [7, 11) is 0. The molecule has 0 heterocycles. The van der Waals surface area contributed by atoms with Crippen molar-refractivity contribution in [3.8, 4) is 5.75 Å². The van der Waals surface area contributed by atoms with Crippen molar-refractivity contribution in [1.82, 2.24) is 0 Å². The predicted molar refractivity (Wildman–Crippen MR) is 70.1 cm³/mol. The second-order valence-electron chi connectivity index (χ2n) is 4.09. The summed E-state index contributed by atoms with van der Waals surface area (Å²) in [5.74, 6) is -2.62. The number of primary amides is 1. The number of carbonyl (C=O) groups excluding carboxylic acids is 1. The van der Waals surface area contributed by atoms with Gasteiger partial charge in [0, 0.05) is 5.56 Å². The molecule has 0 saturated carbocycles. The first-order valence-electron chi connectivity index (χ1n) is 5.74. The number of benzene rings is 2. The van der Waals surface area contributed by atoms with Crippen molar-refractivity contribution in [2.45, 2.75) is 6.61 Å². The average Bonchev–Trinajstić information content (AvgIpc) is 2.41. The number of hydrogen-bond acceptors (Lipinski definition) is 3. The number of nitrogen functional groups attached to an aromatic ring is 1. The number of anilines is 1. The Morgan fingerprint density at radius 1 is 1.15 bits per heavy atom. The number of amides is 1. The number of halogens is 2. The Hall–Kier alpha value is -2.63. The van der Waals surface area contributed by atoms with Crippen LogP contribution in [0.4, 0.5) is 14.5 Å². The zero-order valence-electron chi connectivity index (χ0n) is 10.4. The third-order valence-corrected chi connectivity index (χ3v) is 2.71. The number of para-hydroxylation sites is 1. The normalized spacial score (nSPS) is 10.3. The molecule has 0 aliphatic carbocycles. The first kappa shape index (κ1) is 13.8. The Morgan fingerprint density at radius 2 is 1.85 bits per heavy atom. The number of nitrogens with two attached hydrogens (primary N) is 2. The molecule has 0 aliphatic heterocycles. The van der Waals surface area contributed by atoms with Gasteiger partial charge in [0.15, 0.2) is 17.4 Å². The summed E-state index contributed by atoms with van der Waals surface area (Å²) in [6.07, 6.45) is 0. The molecule has 0 atom stereocenters. The Labute approximate surface area is 114 Å². The molecule has 2 aromatic carbocycles. The molecule has 4 N–H and O–H groups in total. The Bertz CT molecular complexity index is 660. The van der Waals surface area contributed by atoms with E-state index in [0.29, 0.717) is 0 Å². The maximum atomic E-state index is 13.5. The number of rotatable bonds is 4. The van der Waals surface area contributed by atoms with E-state index in [1.807, 2.05) is 0 Å². The molecule has 0 aromatic heterocycles. The van der Waals surface area contributed by atoms with Gasteiger partial charge in [-0.3, -0.25) is 4.79 Å². The van der Waals surface area contributed by atoms with E-state index in [1.54, 1.807) is 6.07 Å². The highest BCUT2D eigenvalue weighted by Crippen LogP contribution is 2.27. The van der Waals surface area contributed by atoms with Crippen molar-refractivity contribution in [3.05, 3.63) is 59.2 Å². The van der Waals surface area contributed by atoms with Crippen LogP contribution >= 0.6 is 0 Å². The van der Waals surface area contributed by atoms with E-state index >= 15 is 0 Å². The summed E-state index contributed by atoms with van der Waals surface area (Å²) in [6, 6.07) is 8.25. The molecule has 2 aromatic rings. The highest BCUT2D eigenvalue weighted by Gasteiger charge is 2.14. The van der Waals surface area contributed by atoms with Crippen molar-refractivity contribution >= 4 is 11.6 Å². The van der Waals surface area contributed by atoms with E-state index in [4.69, 9.17) is 16.2 Å². The fourth-order valence-corrected chi connectivity index (χ4v) is 1.72. The minimum Gasteiger partial charge on any atom is -0.486 e. The molecule has 2 rings (SSSR count). The minimum absolute atomic E-state index is 0.0173. The lowest BCUT2D eigenvalue weighted by atomic mass is 10.1. The molecule has 0 aliphatic rings. The Balaban J connectivity index is 2.27. The summed E-state index contributed by atoms with van der Waals surface area (Å²) in [5, 5.41) is 0. The van der Waals surface area contributed by atoms with Gasteiger partial charge in [0.2, 0.25) is 0 Å². The first-order valence-corrected chi connectivity index (χ1v) is 5.74. The van der Waals surface area contributed by atoms with Gasteiger partial charge < -0.3 is 16.2 Å². The number of carbonyl (C=O) groups is 1. The monoisotopic (exact) mass is 278 g/mol. The van der Waals surface area contributed by atoms with Gasteiger partial charge in [-0.1, -0.05) is 18.2 Å². The van der Waals surface area contributed by atoms with Crippen molar-refractivity contribution in [1.29, 1.82) is 0 Å². The lowest BCUT2D eigenvalue weighted by molar-refractivity contribution is 0.0996. The van der Waals surface area contributed by atoms with Gasteiger partial charge in [-0.2, -0.15) is 0 Å². The highest BCUT2D eigenvalue weighted by molar-refractivity contribution is 5.97. The van der Waals surface area contributed by atoms with Crippen LogP contribution in [0, 0.1) is 11.6 Å². The van der Waals surface area contributed by atoms with Crippen molar-refractivity contribution in [3.63, 3.8) is 0 Å². The van der Waals surface area contributed by atoms with E-state index in [9.17, 15) is 13.6 Å². The third-order valence-electron chi connectivity index (χ3n) is 2.71. The molecule has 0 bridgehead atoms. The van der Waals surface area contributed by atoms with E-state index in [2.05, 4.69) is 0 Å². The number of hydrogen-bond donors (Lipinski definition) is 2. The molecule has 6 heteroatoms. The van der Waals surface area contributed by atoms with E-state index in [0.717, 1.165) is 6.07 Å². The van der Waals surface area contributed by atoms with Crippen LogP contribution in [-0.2, 0) is 6.61 Å². The van der Waals surface area contributed by atoms with E-state index in [1.165, 1.54) is 24.3 Å². The van der Waals surface area contributed by atoms with Gasteiger partial charge in [0.25, 0.3) is 5.91 Å².